The fourth-order valence-corrected chi connectivity index (χ4v) is 6.17. The summed E-state index contributed by atoms with van der Waals surface area (Å²) in [5, 5.41) is 8.83. The molecule has 7 atom stereocenters. The highest BCUT2D eigenvalue weighted by atomic mass is 19.1. The van der Waals surface area contributed by atoms with Crippen molar-refractivity contribution in [3.05, 3.63) is 33.6 Å². The molecule has 5 N–H and O–H groups in total. The van der Waals surface area contributed by atoms with Crippen molar-refractivity contribution in [1.29, 1.82) is 0 Å². The van der Waals surface area contributed by atoms with Gasteiger partial charge >= 0.3 is 5.97 Å². The molecule has 6 rings (SSSR count). The summed E-state index contributed by atoms with van der Waals surface area (Å²) in [4.78, 5) is 25.9. The van der Waals surface area contributed by atoms with Crippen LogP contribution in [0.15, 0.2) is 11.0 Å². The van der Waals surface area contributed by atoms with Crippen LogP contribution in [-0.4, -0.2) is 40.9 Å². The predicted octanol–water partition coefficient (Wildman–Crippen LogP) is 2.26. The molecule has 0 spiro atoms. The number of aromatic nitrogens is 1. The first-order chi connectivity index (χ1) is 15.2. The van der Waals surface area contributed by atoms with Crippen LogP contribution in [-0.2, 0) is 0 Å². The van der Waals surface area contributed by atoms with Gasteiger partial charge in [0.15, 0.2) is 11.6 Å². The molecule has 2 aromatic rings. The van der Waals surface area contributed by atoms with Crippen molar-refractivity contribution in [3.8, 4) is 0 Å². The maximum absolute atomic E-state index is 15.9. The van der Waals surface area contributed by atoms with Gasteiger partial charge in [-0.15, -0.1) is 0 Å². The Kier molecular flexibility index (Phi) is 3.98. The molecule has 4 aliphatic rings. The minimum atomic E-state index is -1.57. The van der Waals surface area contributed by atoms with Crippen LogP contribution in [0.1, 0.15) is 35.7 Å². The molecule has 3 saturated carbocycles. The number of aromatic carboxylic acids is 1. The highest BCUT2D eigenvalue weighted by Gasteiger charge is 2.54. The van der Waals surface area contributed by atoms with E-state index in [0.29, 0.717) is 24.9 Å². The lowest BCUT2D eigenvalue weighted by Gasteiger charge is -2.29. The fourth-order valence-electron chi connectivity index (χ4n) is 6.17. The first-order valence-electron chi connectivity index (χ1n) is 10.9. The van der Waals surface area contributed by atoms with Gasteiger partial charge < -0.3 is 26.0 Å². The lowest BCUT2D eigenvalue weighted by atomic mass is 9.78. The standard InChI is InChI=1S/C22H23F3N4O3/c23-12-3-13(12)29-6-11(22(31)32)21(30)14-18(27)15(24)20(16(25)19(14)29)28-4-8-1-7-2-9(7)17(26)10(8)5-28/h6-10,12-13,17H,1-5,26-27H2,(H,31,32)/t7-,8-,9+,10+,12+,13-,17-/m1/s1. The summed E-state index contributed by atoms with van der Waals surface area (Å²) in [6, 6.07) is -0.840. The highest BCUT2D eigenvalue weighted by Crippen LogP contribution is 2.55. The monoisotopic (exact) mass is 448 g/mol. The summed E-state index contributed by atoms with van der Waals surface area (Å²) in [5.74, 6) is -2.28. The summed E-state index contributed by atoms with van der Waals surface area (Å²) in [6.45, 7) is 0.799. The number of halogens is 3. The Bertz CT molecular complexity index is 1250. The van der Waals surface area contributed by atoms with Gasteiger partial charge in [0.25, 0.3) is 0 Å². The SMILES string of the molecule is Nc1c(F)c(N2C[C@H]3C[C@@H]4C[C@@H]4[C@@H](N)[C@H]3C2)c(F)c2c1c(=O)c(C(=O)O)cn2[C@@H]1C[C@@H]1F. The number of rotatable bonds is 3. The second kappa shape index (κ2) is 6.40. The van der Waals surface area contributed by atoms with E-state index in [1.54, 1.807) is 4.90 Å². The Balaban J connectivity index is 1.54. The number of carbonyl (C=O) groups is 1. The van der Waals surface area contributed by atoms with Crippen LogP contribution in [0.4, 0.5) is 24.5 Å². The van der Waals surface area contributed by atoms with E-state index in [1.807, 2.05) is 0 Å². The van der Waals surface area contributed by atoms with Gasteiger partial charge in [-0.2, -0.15) is 0 Å². The minimum Gasteiger partial charge on any atom is -0.477 e. The summed E-state index contributed by atoms with van der Waals surface area (Å²) in [6.07, 6.45) is 1.77. The van der Waals surface area contributed by atoms with Crippen molar-refractivity contribution >= 4 is 28.2 Å². The van der Waals surface area contributed by atoms with E-state index >= 15 is 8.78 Å². The average Bonchev–Trinajstić information content (AvgIpc) is 3.63. The largest absolute Gasteiger partial charge is 0.477 e. The van der Waals surface area contributed by atoms with E-state index in [-0.39, 0.29) is 35.5 Å². The van der Waals surface area contributed by atoms with Gasteiger partial charge in [0.2, 0.25) is 5.43 Å². The lowest BCUT2D eigenvalue weighted by Crippen LogP contribution is -2.40. The molecule has 1 aromatic carbocycles. The average molecular weight is 448 g/mol. The molecule has 3 aliphatic carbocycles. The van der Waals surface area contributed by atoms with Crippen molar-refractivity contribution in [2.24, 2.45) is 29.4 Å². The number of nitrogen functional groups attached to an aromatic ring is 1. The molecule has 0 amide bonds. The molecular weight excluding hydrogens is 425 g/mol. The van der Waals surface area contributed by atoms with Crippen molar-refractivity contribution < 1.29 is 23.1 Å². The van der Waals surface area contributed by atoms with Crippen molar-refractivity contribution in [2.75, 3.05) is 23.7 Å². The zero-order valence-corrected chi connectivity index (χ0v) is 17.1. The predicted molar refractivity (Wildman–Crippen MR) is 111 cm³/mol. The maximum atomic E-state index is 15.9. The van der Waals surface area contributed by atoms with Crippen LogP contribution in [0, 0.1) is 35.3 Å². The van der Waals surface area contributed by atoms with Crippen LogP contribution in [0.5, 0.6) is 0 Å². The van der Waals surface area contributed by atoms with Crippen molar-refractivity contribution in [3.63, 3.8) is 0 Å². The molecule has 0 bridgehead atoms. The molecule has 32 heavy (non-hydrogen) atoms. The molecular formula is C22H23F3N4O3. The molecule has 0 radical (unpaired) electrons. The van der Waals surface area contributed by atoms with Crippen molar-refractivity contribution in [1.82, 2.24) is 4.57 Å². The second-order valence-electron chi connectivity index (χ2n) is 9.82. The zero-order valence-electron chi connectivity index (χ0n) is 17.1. The normalized spacial score (nSPS) is 35.0. The number of benzene rings is 1. The number of carboxylic acid groups (broad SMARTS) is 1. The minimum absolute atomic E-state index is 0.0114. The van der Waals surface area contributed by atoms with Gasteiger partial charge in [0, 0.05) is 31.7 Å². The number of hydrogen-bond donors (Lipinski definition) is 3. The number of fused-ring (bicyclic) bond motifs is 3. The number of nitrogens with two attached hydrogens (primary N) is 2. The smallest absolute Gasteiger partial charge is 0.341 e. The summed E-state index contributed by atoms with van der Waals surface area (Å²) < 4.78 is 46.4. The van der Waals surface area contributed by atoms with Crippen molar-refractivity contribution in [2.45, 2.75) is 37.5 Å². The van der Waals surface area contributed by atoms with E-state index in [1.165, 1.54) is 0 Å². The molecule has 10 heteroatoms. The number of nitrogens with zero attached hydrogens (tertiary/aromatic N) is 2. The quantitative estimate of drug-likeness (QED) is 0.621. The second-order valence-corrected chi connectivity index (χ2v) is 9.82. The summed E-state index contributed by atoms with van der Waals surface area (Å²) in [5.41, 5.74) is 9.28. The number of alkyl halides is 1. The molecule has 170 valence electrons. The third kappa shape index (κ3) is 2.58. The number of anilines is 2. The van der Waals surface area contributed by atoms with Gasteiger partial charge in [-0.25, -0.2) is 18.0 Å². The van der Waals surface area contributed by atoms with E-state index < -0.39 is 51.9 Å². The lowest BCUT2D eigenvalue weighted by molar-refractivity contribution is 0.0694. The molecule has 0 unspecified atom stereocenters. The zero-order chi connectivity index (χ0) is 22.6. The Hall–Kier alpha value is -2.75. The third-order valence-electron chi connectivity index (χ3n) is 8.01. The van der Waals surface area contributed by atoms with Crippen LogP contribution in [0.25, 0.3) is 10.9 Å². The first-order valence-corrected chi connectivity index (χ1v) is 10.9. The van der Waals surface area contributed by atoms with Crippen LogP contribution in [0.3, 0.4) is 0 Å². The summed E-state index contributed by atoms with van der Waals surface area (Å²) in [7, 11) is 0. The Morgan fingerprint density at radius 3 is 2.47 bits per heavy atom. The molecule has 1 saturated heterocycles. The Labute approximate surface area is 180 Å². The molecule has 4 fully saturated rings. The number of pyridine rings is 1. The summed E-state index contributed by atoms with van der Waals surface area (Å²) >= 11 is 0. The first kappa shape index (κ1) is 19.9. The number of hydrogen-bond acceptors (Lipinski definition) is 5. The highest BCUT2D eigenvalue weighted by molar-refractivity contribution is 5.99. The molecule has 7 nitrogen and oxygen atoms in total. The molecule has 1 aliphatic heterocycles. The van der Waals surface area contributed by atoms with Crippen LogP contribution in [0.2, 0.25) is 0 Å². The van der Waals surface area contributed by atoms with Gasteiger partial charge in [0.1, 0.15) is 17.4 Å². The van der Waals surface area contributed by atoms with Crippen LogP contribution >= 0.6 is 0 Å². The van der Waals surface area contributed by atoms with E-state index in [0.717, 1.165) is 23.6 Å². The van der Waals surface area contributed by atoms with E-state index in [9.17, 15) is 19.1 Å². The van der Waals surface area contributed by atoms with Crippen LogP contribution < -0.4 is 21.8 Å². The van der Waals surface area contributed by atoms with Gasteiger partial charge in [-0.05, 0) is 36.5 Å². The number of carboxylic acids is 1. The fraction of sp³-hybridized carbons (Fsp3) is 0.545. The van der Waals surface area contributed by atoms with E-state index in [4.69, 9.17) is 11.5 Å². The van der Waals surface area contributed by atoms with Gasteiger partial charge in [-0.1, -0.05) is 0 Å². The molecule has 1 aromatic heterocycles. The van der Waals surface area contributed by atoms with E-state index in [2.05, 4.69) is 0 Å². The topological polar surface area (TPSA) is 115 Å². The Morgan fingerprint density at radius 1 is 1.09 bits per heavy atom. The van der Waals surface area contributed by atoms with Gasteiger partial charge in [0.05, 0.1) is 22.6 Å². The Morgan fingerprint density at radius 2 is 1.81 bits per heavy atom. The molecule has 2 heterocycles. The van der Waals surface area contributed by atoms with Gasteiger partial charge in [-0.3, -0.25) is 4.79 Å². The maximum Gasteiger partial charge on any atom is 0.341 e. The third-order valence-corrected chi connectivity index (χ3v) is 8.01.